The number of anilines is 1. The standard InChI is InChI=1S/C19H29N3O3/c1-21(17-7-4-3-5-8-17)12-6-11-20-18(23)15-22-13-9-16(10-14-22)19(24)25-2/h3-5,7-8,16H,6,9-15H2,1-2H3,(H,20,23)/p+1. The maximum atomic E-state index is 12.1. The van der Waals surface area contributed by atoms with Gasteiger partial charge in [-0.1, -0.05) is 18.2 Å². The Morgan fingerprint density at radius 1 is 1.24 bits per heavy atom. The molecule has 1 aromatic carbocycles. The van der Waals surface area contributed by atoms with E-state index in [4.69, 9.17) is 4.74 Å². The average molecular weight is 348 g/mol. The van der Waals surface area contributed by atoms with Crippen molar-refractivity contribution in [1.29, 1.82) is 0 Å². The molecule has 1 aromatic rings. The second-order valence-corrected chi connectivity index (χ2v) is 6.68. The van der Waals surface area contributed by atoms with Crippen molar-refractivity contribution < 1.29 is 19.2 Å². The van der Waals surface area contributed by atoms with Crippen LogP contribution < -0.4 is 15.1 Å². The maximum absolute atomic E-state index is 12.1. The van der Waals surface area contributed by atoms with Crippen molar-refractivity contribution in [2.45, 2.75) is 19.3 Å². The first-order valence-electron chi connectivity index (χ1n) is 9.04. The van der Waals surface area contributed by atoms with Crippen LogP contribution in [0.2, 0.25) is 0 Å². The zero-order chi connectivity index (χ0) is 18.1. The minimum atomic E-state index is -0.119. The molecule has 6 nitrogen and oxygen atoms in total. The Morgan fingerprint density at radius 2 is 1.92 bits per heavy atom. The summed E-state index contributed by atoms with van der Waals surface area (Å²) in [5.41, 5.74) is 1.19. The van der Waals surface area contributed by atoms with E-state index in [1.54, 1.807) is 0 Å². The predicted octanol–water partition coefficient (Wildman–Crippen LogP) is 0.0970. The highest BCUT2D eigenvalue weighted by Crippen LogP contribution is 2.11. The Morgan fingerprint density at radius 3 is 2.56 bits per heavy atom. The van der Waals surface area contributed by atoms with Gasteiger partial charge in [-0.3, -0.25) is 9.59 Å². The minimum absolute atomic E-state index is 0.00494. The number of carbonyl (C=O) groups excluding carboxylic acids is 2. The van der Waals surface area contributed by atoms with E-state index in [0.717, 1.165) is 38.9 Å². The van der Waals surface area contributed by atoms with Gasteiger partial charge < -0.3 is 19.9 Å². The molecule has 2 N–H and O–H groups in total. The van der Waals surface area contributed by atoms with Crippen molar-refractivity contribution in [2.75, 3.05) is 51.8 Å². The number of carbonyl (C=O) groups is 2. The first-order valence-corrected chi connectivity index (χ1v) is 9.04. The van der Waals surface area contributed by atoms with E-state index in [9.17, 15) is 9.59 Å². The van der Waals surface area contributed by atoms with Crippen LogP contribution in [-0.2, 0) is 14.3 Å². The van der Waals surface area contributed by atoms with Crippen molar-refractivity contribution >= 4 is 17.6 Å². The van der Waals surface area contributed by atoms with Gasteiger partial charge in [0.25, 0.3) is 5.91 Å². The summed E-state index contributed by atoms with van der Waals surface area (Å²) in [6, 6.07) is 10.2. The SMILES string of the molecule is COC(=O)C1CC[NH+](CC(=O)NCCCN(C)c2ccccc2)CC1. The van der Waals surface area contributed by atoms with Gasteiger partial charge in [-0.25, -0.2) is 0 Å². The lowest BCUT2D eigenvalue weighted by molar-refractivity contribution is -0.897. The first-order chi connectivity index (χ1) is 12.1. The number of methoxy groups -OCH3 is 1. The van der Waals surface area contributed by atoms with Crippen molar-refractivity contribution in [3.05, 3.63) is 30.3 Å². The number of rotatable bonds is 8. The summed E-state index contributed by atoms with van der Waals surface area (Å²) in [7, 11) is 3.50. The van der Waals surface area contributed by atoms with Crippen LogP contribution in [0.3, 0.4) is 0 Å². The zero-order valence-electron chi connectivity index (χ0n) is 15.3. The molecule has 0 saturated carbocycles. The summed E-state index contributed by atoms with van der Waals surface area (Å²) in [5, 5.41) is 3.00. The van der Waals surface area contributed by atoms with Gasteiger partial charge in [0.1, 0.15) is 0 Å². The molecule has 0 spiro atoms. The molecule has 1 heterocycles. The second kappa shape index (κ2) is 10.0. The number of ether oxygens (including phenoxy) is 1. The molecule has 1 aliphatic heterocycles. The Kier molecular flexibility index (Phi) is 7.73. The first kappa shape index (κ1) is 19.2. The largest absolute Gasteiger partial charge is 0.469 e. The number of benzene rings is 1. The van der Waals surface area contributed by atoms with Gasteiger partial charge in [-0.15, -0.1) is 0 Å². The maximum Gasteiger partial charge on any atom is 0.309 e. The summed E-state index contributed by atoms with van der Waals surface area (Å²) >= 11 is 0. The van der Waals surface area contributed by atoms with Crippen molar-refractivity contribution in [3.8, 4) is 0 Å². The molecule has 1 saturated heterocycles. The number of likely N-dealkylation sites (tertiary alicyclic amines) is 1. The highest BCUT2D eigenvalue weighted by atomic mass is 16.5. The number of hydrogen-bond acceptors (Lipinski definition) is 4. The van der Waals surface area contributed by atoms with Gasteiger partial charge in [0.05, 0.1) is 26.1 Å². The fraction of sp³-hybridized carbons (Fsp3) is 0.579. The fourth-order valence-corrected chi connectivity index (χ4v) is 3.25. The number of quaternary nitrogens is 1. The predicted molar refractivity (Wildman–Crippen MR) is 97.6 cm³/mol. The normalized spacial score (nSPS) is 19.9. The lowest BCUT2D eigenvalue weighted by atomic mass is 9.97. The van der Waals surface area contributed by atoms with E-state index in [0.29, 0.717) is 13.1 Å². The third-order valence-corrected chi connectivity index (χ3v) is 4.83. The quantitative estimate of drug-likeness (QED) is 0.517. The lowest BCUT2D eigenvalue weighted by Gasteiger charge is -2.27. The molecule has 0 radical (unpaired) electrons. The number of piperidine rings is 1. The Balaban J connectivity index is 1.58. The lowest BCUT2D eigenvalue weighted by Crippen LogP contribution is -3.14. The molecular formula is C19H30N3O3+. The van der Waals surface area contributed by atoms with Crippen LogP contribution in [0, 0.1) is 5.92 Å². The summed E-state index contributed by atoms with van der Waals surface area (Å²) in [6.07, 6.45) is 2.52. The number of esters is 1. The van der Waals surface area contributed by atoms with Gasteiger partial charge >= 0.3 is 5.97 Å². The molecule has 1 amide bonds. The summed E-state index contributed by atoms with van der Waals surface area (Å²) in [6.45, 7) is 3.78. The van der Waals surface area contributed by atoms with E-state index in [1.807, 2.05) is 18.2 Å². The van der Waals surface area contributed by atoms with Crippen LogP contribution >= 0.6 is 0 Å². The van der Waals surface area contributed by atoms with Gasteiger partial charge in [0.2, 0.25) is 0 Å². The summed E-state index contributed by atoms with van der Waals surface area (Å²) in [5.74, 6) is -0.0229. The smallest absolute Gasteiger partial charge is 0.309 e. The number of nitrogens with zero attached hydrogens (tertiary/aromatic N) is 1. The number of nitrogens with one attached hydrogen (secondary N) is 2. The van der Waals surface area contributed by atoms with E-state index in [-0.39, 0.29) is 17.8 Å². The number of para-hydroxylation sites is 1. The summed E-state index contributed by atoms with van der Waals surface area (Å²) < 4.78 is 4.79. The Bertz CT molecular complexity index is 542. The third-order valence-electron chi connectivity index (χ3n) is 4.83. The molecule has 0 aliphatic carbocycles. The van der Waals surface area contributed by atoms with E-state index >= 15 is 0 Å². The van der Waals surface area contributed by atoms with E-state index in [2.05, 4.69) is 29.4 Å². The van der Waals surface area contributed by atoms with Crippen LogP contribution in [0.4, 0.5) is 5.69 Å². The number of amides is 1. The molecule has 0 atom stereocenters. The van der Waals surface area contributed by atoms with E-state index < -0.39 is 0 Å². The molecule has 0 aromatic heterocycles. The molecule has 0 bridgehead atoms. The van der Waals surface area contributed by atoms with Gasteiger partial charge in [-0.2, -0.15) is 0 Å². The van der Waals surface area contributed by atoms with Crippen LogP contribution in [0.15, 0.2) is 30.3 Å². The van der Waals surface area contributed by atoms with Crippen LogP contribution in [0.5, 0.6) is 0 Å². The Hall–Kier alpha value is -2.08. The Labute approximate surface area is 150 Å². The van der Waals surface area contributed by atoms with Crippen LogP contribution in [0.1, 0.15) is 19.3 Å². The van der Waals surface area contributed by atoms with Gasteiger partial charge in [-0.05, 0) is 18.6 Å². The molecule has 25 heavy (non-hydrogen) atoms. The second-order valence-electron chi connectivity index (χ2n) is 6.68. The monoisotopic (exact) mass is 348 g/mol. The third kappa shape index (κ3) is 6.38. The van der Waals surface area contributed by atoms with E-state index in [1.165, 1.54) is 17.7 Å². The molecule has 0 unspecified atom stereocenters. The molecule has 1 aliphatic rings. The van der Waals surface area contributed by atoms with Gasteiger partial charge in [0, 0.05) is 38.7 Å². The topological polar surface area (TPSA) is 63.1 Å². The zero-order valence-corrected chi connectivity index (χ0v) is 15.3. The molecular weight excluding hydrogens is 318 g/mol. The highest BCUT2D eigenvalue weighted by molar-refractivity contribution is 5.76. The van der Waals surface area contributed by atoms with Crippen molar-refractivity contribution in [2.24, 2.45) is 5.92 Å². The fourth-order valence-electron chi connectivity index (χ4n) is 3.25. The minimum Gasteiger partial charge on any atom is -0.469 e. The molecule has 138 valence electrons. The van der Waals surface area contributed by atoms with Crippen molar-refractivity contribution in [1.82, 2.24) is 5.32 Å². The average Bonchev–Trinajstić information content (AvgIpc) is 2.65. The summed E-state index contributed by atoms with van der Waals surface area (Å²) in [4.78, 5) is 27.0. The van der Waals surface area contributed by atoms with Crippen LogP contribution in [-0.4, -0.2) is 58.8 Å². The number of hydrogen-bond donors (Lipinski definition) is 2. The van der Waals surface area contributed by atoms with Gasteiger partial charge in [0.15, 0.2) is 6.54 Å². The van der Waals surface area contributed by atoms with Crippen molar-refractivity contribution in [3.63, 3.8) is 0 Å². The molecule has 1 fully saturated rings. The van der Waals surface area contributed by atoms with Crippen LogP contribution in [0.25, 0.3) is 0 Å². The highest BCUT2D eigenvalue weighted by Gasteiger charge is 2.28. The molecule has 6 heteroatoms. The molecule has 2 rings (SSSR count).